The summed E-state index contributed by atoms with van der Waals surface area (Å²) in [4.78, 5) is 23.0. The van der Waals surface area contributed by atoms with E-state index in [9.17, 15) is 18.4 Å². The molecule has 4 nitrogen and oxygen atoms in total. The van der Waals surface area contributed by atoms with Crippen molar-refractivity contribution < 1.29 is 23.5 Å². The van der Waals surface area contributed by atoms with E-state index in [-0.39, 0.29) is 0 Å². The molecule has 0 radical (unpaired) electrons. The topological polar surface area (TPSA) is 66.4 Å². The first-order valence-electron chi connectivity index (χ1n) is 6.41. The fourth-order valence-corrected chi connectivity index (χ4v) is 2.47. The maximum atomic E-state index is 12.3. The molecule has 0 spiro atoms. The van der Waals surface area contributed by atoms with E-state index in [0.717, 1.165) is 30.4 Å². The summed E-state index contributed by atoms with van der Waals surface area (Å²) in [7, 11) is 0. The summed E-state index contributed by atoms with van der Waals surface area (Å²) < 4.78 is 24.6. The standard InChI is InChI=1S/C14H15F2NO3/c15-12(16)7-11(14(19)20)17-13(18)10-6-2-4-8-3-1-5-9(8)10/h2,4,6,11-12H,1,3,5,7H2,(H,17,18)(H,19,20). The minimum absolute atomic E-state index is 0.389. The predicted molar refractivity (Wildman–Crippen MR) is 68.0 cm³/mol. The maximum Gasteiger partial charge on any atom is 0.326 e. The number of rotatable bonds is 5. The molecule has 1 atom stereocenters. The third-order valence-electron chi connectivity index (χ3n) is 3.41. The van der Waals surface area contributed by atoms with Crippen LogP contribution in [0.2, 0.25) is 0 Å². The Bertz CT molecular complexity index is 531. The Balaban J connectivity index is 2.15. The SMILES string of the molecule is O=C(NC(CC(F)F)C(=O)O)c1cccc2c1CCC2. The van der Waals surface area contributed by atoms with Crippen molar-refractivity contribution in [2.45, 2.75) is 38.2 Å². The van der Waals surface area contributed by atoms with Crippen molar-refractivity contribution in [3.63, 3.8) is 0 Å². The largest absolute Gasteiger partial charge is 0.480 e. The quantitative estimate of drug-likeness (QED) is 0.868. The first-order chi connectivity index (χ1) is 9.49. The molecule has 1 aromatic rings. The zero-order chi connectivity index (χ0) is 14.7. The zero-order valence-electron chi connectivity index (χ0n) is 10.7. The third-order valence-corrected chi connectivity index (χ3v) is 3.41. The molecule has 0 aliphatic heterocycles. The van der Waals surface area contributed by atoms with Crippen LogP contribution in [0.4, 0.5) is 8.78 Å². The second kappa shape index (κ2) is 5.98. The lowest BCUT2D eigenvalue weighted by atomic mass is 10.0. The van der Waals surface area contributed by atoms with Gasteiger partial charge < -0.3 is 10.4 Å². The molecule has 108 valence electrons. The first-order valence-corrected chi connectivity index (χ1v) is 6.41. The molecular formula is C14H15F2NO3. The van der Waals surface area contributed by atoms with Crippen LogP contribution in [-0.4, -0.2) is 29.5 Å². The Labute approximate surface area is 114 Å². The van der Waals surface area contributed by atoms with E-state index in [1.807, 2.05) is 6.07 Å². The number of alkyl halides is 2. The molecule has 2 N–H and O–H groups in total. The van der Waals surface area contributed by atoms with Crippen LogP contribution in [0.3, 0.4) is 0 Å². The fourth-order valence-electron chi connectivity index (χ4n) is 2.47. The lowest BCUT2D eigenvalue weighted by Gasteiger charge is -2.15. The Kier molecular flexibility index (Phi) is 4.32. The van der Waals surface area contributed by atoms with Gasteiger partial charge in [0.2, 0.25) is 6.43 Å². The lowest BCUT2D eigenvalue weighted by molar-refractivity contribution is -0.140. The minimum atomic E-state index is -2.78. The molecule has 0 bridgehead atoms. The average Bonchev–Trinajstić information content (AvgIpc) is 2.84. The van der Waals surface area contributed by atoms with Crippen LogP contribution in [0.25, 0.3) is 0 Å². The lowest BCUT2D eigenvalue weighted by Crippen LogP contribution is -2.42. The molecule has 1 aliphatic rings. The number of carbonyl (C=O) groups excluding carboxylic acids is 1. The molecule has 2 rings (SSSR count). The normalized spacial score (nSPS) is 14.9. The van der Waals surface area contributed by atoms with Crippen LogP contribution in [0.15, 0.2) is 18.2 Å². The predicted octanol–water partition coefficient (Wildman–Crippen LogP) is 2.01. The van der Waals surface area contributed by atoms with Crippen LogP contribution in [0.1, 0.15) is 34.3 Å². The Morgan fingerprint density at radius 2 is 2.05 bits per heavy atom. The molecule has 0 aromatic heterocycles. The molecule has 1 amide bonds. The van der Waals surface area contributed by atoms with Gasteiger partial charge >= 0.3 is 5.97 Å². The molecule has 6 heteroatoms. The number of hydrogen-bond acceptors (Lipinski definition) is 2. The van der Waals surface area contributed by atoms with Crippen LogP contribution in [0, 0.1) is 0 Å². The number of carboxylic acid groups (broad SMARTS) is 1. The highest BCUT2D eigenvalue weighted by atomic mass is 19.3. The first kappa shape index (κ1) is 14.4. The summed E-state index contributed by atoms with van der Waals surface area (Å²) in [6, 6.07) is 3.68. The van der Waals surface area contributed by atoms with E-state index in [4.69, 9.17) is 5.11 Å². The van der Waals surface area contributed by atoms with Crippen molar-refractivity contribution in [2.24, 2.45) is 0 Å². The minimum Gasteiger partial charge on any atom is -0.480 e. The van der Waals surface area contributed by atoms with Gasteiger partial charge in [-0.2, -0.15) is 0 Å². The van der Waals surface area contributed by atoms with Crippen molar-refractivity contribution in [1.29, 1.82) is 0 Å². The Hall–Kier alpha value is -1.98. The summed E-state index contributed by atoms with van der Waals surface area (Å²) in [5.74, 6) is -2.05. The van der Waals surface area contributed by atoms with Crippen LogP contribution in [0.5, 0.6) is 0 Å². The van der Waals surface area contributed by atoms with Crippen LogP contribution >= 0.6 is 0 Å². The van der Waals surface area contributed by atoms with Gasteiger partial charge in [-0.25, -0.2) is 13.6 Å². The summed E-state index contributed by atoms with van der Waals surface area (Å²) in [6.07, 6.45) is -1.09. The number of aliphatic carboxylic acids is 1. The highest BCUT2D eigenvalue weighted by molar-refractivity contribution is 5.98. The van der Waals surface area contributed by atoms with Gasteiger partial charge in [-0.1, -0.05) is 12.1 Å². The number of halogens is 2. The Morgan fingerprint density at radius 1 is 1.30 bits per heavy atom. The summed E-state index contributed by atoms with van der Waals surface area (Å²) in [5, 5.41) is 11.0. The van der Waals surface area contributed by atoms with E-state index in [0.29, 0.717) is 5.56 Å². The third kappa shape index (κ3) is 3.12. The number of nitrogens with one attached hydrogen (secondary N) is 1. The van der Waals surface area contributed by atoms with Gasteiger partial charge in [0.15, 0.2) is 0 Å². The number of carbonyl (C=O) groups is 2. The second-order valence-electron chi connectivity index (χ2n) is 4.79. The van der Waals surface area contributed by atoms with Crippen LogP contribution < -0.4 is 5.32 Å². The summed E-state index contributed by atoms with van der Waals surface area (Å²) in [5.41, 5.74) is 2.35. The van der Waals surface area contributed by atoms with Crippen molar-refractivity contribution in [1.82, 2.24) is 5.32 Å². The van der Waals surface area contributed by atoms with E-state index < -0.39 is 30.8 Å². The fraction of sp³-hybridized carbons (Fsp3) is 0.429. The van der Waals surface area contributed by atoms with E-state index in [1.54, 1.807) is 12.1 Å². The van der Waals surface area contributed by atoms with Crippen molar-refractivity contribution >= 4 is 11.9 Å². The van der Waals surface area contributed by atoms with Gasteiger partial charge in [0.1, 0.15) is 6.04 Å². The molecule has 1 aromatic carbocycles. The highest BCUT2D eigenvalue weighted by Gasteiger charge is 2.26. The Morgan fingerprint density at radius 3 is 2.70 bits per heavy atom. The molecule has 0 heterocycles. The van der Waals surface area contributed by atoms with Gasteiger partial charge in [-0.15, -0.1) is 0 Å². The van der Waals surface area contributed by atoms with Gasteiger partial charge in [-0.3, -0.25) is 4.79 Å². The van der Waals surface area contributed by atoms with Gasteiger partial charge in [0.25, 0.3) is 5.91 Å². The number of carboxylic acids is 1. The molecule has 0 saturated carbocycles. The summed E-state index contributed by atoms with van der Waals surface area (Å²) in [6.45, 7) is 0. The number of aryl methyl sites for hydroxylation is 1. The second-order valence-corrected chi connectivity index (χ2v) is 4.79. The number of benzene rings is 1. The van der Waals surface area contributed by atoms with Crippen LogP contribution in [-0.2, 0) is 17.6 Å². The number of hydrogen-bond donors (Lipinski definition) is 2. The van der Waals surface area contributed by atoms with Gasteiger partial charge in [-0.05, 0) is 36.5 Å². The zero-order valence-corrected chi connectivity index (χ0v) is 10.7. The van der Waals surface area contributed by atoms with Crippen molar-refractivity contribution in [2.75, 3.05) is 0 Å². The monoisotopic (exact) mass is 283 g/mol. The maximum absolute atomic E-state index is 12.3. The summed E-state index contributed by atoms with van der Waals surface area (Å²) >= 11 is 0. The van der Waals surface area contributed by atoms with E-state index in [1.165, 1.54) is 0 Å². The molecule has 0 saturated heterocycles. The average molecular weight is 283 g/mol. The smallest absolute Gasteiger partial charge is 0.326 e. The molecule has 0 fully saturated rings. The van der Waals surface area contributed by atoms with Crippen molar-refractivity contribution in [3.05, 3.63) is 34.9 Å². The van der Waals surface area contributed by atoms with E-state index >= 15 is 0 Å². The molecule has 1 unspecified atom stereocenters. The molecule has 20 heavy (non-hydrogen) atoms. The van der Waals surface area contributed by atoms with Crippen molar-refractivity contribution in [3.8, 4) is 0 Å². The number of amides is 1. The van der Waals surface area contributed by atoms with Gasteiger partial charge in [0.05, 0.1) is 0 Å². The number of fused-ring (bicyclic) bond motifs is 1. The van der Waals surface area contributed by atoms with E-state index in [2.05, 4.69) is 5.32 Å². The molecule has 1 aliphatic carbocycles. The molecular weight excluding hydrogens is 268 g/mol. The highest BCUT2D eigenvalue weighted by Crippen LogP contribution is 2.25. The van der Waals surface area contributed by atoms with Gasteiger partial charge in [0, 0.05) is 12.0 Å².